The van der Waals surface area contributed by atoms with Gasteiger partial charge in [0.1, 0.15) is 0 Å². The zero-order chi connectivity index (χ0) is 17.9. The predicted octanol–water partition coefficient (Wildman–Crippen LogP) is 4.66. The van der Waals surface area contributed by atoms with Gasteiger partial charge < -0.3 is 15.4 Å². The maximum atomic E-state index is 11.9. The summed E-state index contributed by atoms with van der Waals surface area (Å²) in [6.45, 7) is 3.12. The van der Waals surface area contributed by atoms with Gasteiger partial charge in [0, 0.05) is 12.2 Å². The first-order valence-corrected chi connectivity index (χ1v) is 9.19. The van der Waals surface area contributed by atoms with Crippen LogP contribution in [0.25, 0.3) is 0 Å². The third-order valence-electron chi connectivity index (χ3n) is 4.23. The fourth-order valence-electron chi connectivity index (χ4n) is 2.73. The summed E-state index contributed by atoms with van der Waals surface area (Å²) in [5.41, 5.74) is 2.59. The van der Waals surface area contributed by atoms with E-state index in [-0.39, 0.29) is 12.0 Å². The summed E-state index contributed by atoms with van der Waals surface area (Å²) in [5, 5.41) is 5.64. The molecule has 0 unspecified atom stereocenters. The van der Waals surface area contributed by atoms with Crippen molar-refractivity contribution in [3.63, 3.8) is 0 Å². The molecular weight excluding hydrogens is 316 g/mol. The van der Waals surface area contributed by atoms with Crippen molar-refractivity contribution in [2.45, 2.75) is 51.9 Å². The smallest absolute Gasteiger partial charge is 0.338 e. The minimum absolute atomic E-state index is 0.227. The number of allylic oxidation sites excluding steroid dienone is 1. The SMILES string of the molecule is CCCCOC(=O)c1ccc(NC(=O)NCCC2=CCCCC2)cc1. The molecular formula is C20H28N2O3. The molecule has 0 aliphatic heterocycles. The van der Waals surface area contributed by atoms with Gasteiger partial charge in [-0.3, -0.25) is 0 Å². The summed E-state index contributed by atoms with van der Waals surface area (Å²) in [5.74, 6) is -0.329. The van der Waals surface area contributed by atoms with Crippen LogP contribution in [0.1, 0.15) is 62.2 Å². The standard InChI is InChI=1S/C20H28N2O3/c1-2-3-15-25-19(23)17-9-11-18(12-10-17)22-20(24)21-14-13-16-7-5-4-6-8-16/h7,9-12H,2-6,8,13-15H2,1H3,(H2,21,22,24). The minimum Gasteiger partial charge on any atom is -0.462 e. The molecule has 1 aromatic carbocycles. The highest BCUT2D eigenvalue weighted by molar-refractivity contribution is 5.92. The first-order chi connectivity index (χ1) is 12.2. The number of esters is 1. The van der Waals surface area contributed by atoms with Crippen LogP contribution in [-0.4, -0.2) is 25.2 Å². The van der Waals surface area contributed by atoms with Gasteiger partial charge in [0.15, 0.2) is 0 Å². The number of carbonyl (C=O) groups excluding carboxylic acids is 2. The lowest BCUT2D eigenvalue weighted by molar-refractivity contribution is 0.0500. The topological polar surface area (TPSA) is 67.4 Å². The highest BCUT2D eigenvalue weighted by atomic mass is 16.5. The Labute approximate surface area is 149 Å². The van der Waals surface area contributed by atoms with Gasteiger partial charge in [0.2, 0.25) is 0 Å². The maximum absolute atomic E-state index is 11.9. The molecule has 2 N–H and O–H groups in total. The van der Waals surface area contributed by atoms with Crippen molar-refractivity contribution in [3.05, 3.63) is 41.5 Å². The Morgan fingerprint density at radius 3 is 2.64 bits per heavy atom. The molecule has 0 spiro atoms. The van der Waals surface area contributed by atoms with Crippen molar-refractivity contribution in [1.82, 2.24) is 5.32 Å². The van der Waals surface area contributed by atoms with Crippen LogP contribution in [0.4, 0.5) is 10.5 Å². The zero-order valence-corrected chi connectivity index (χ0v) is 15.0. The summed E-state index contributed by atoms with van der Waals surface area (Å²) < 4.78 is 5.16. The highest BCUT2D eigenvalue weighted by Gasteiger charge is 2.08. The van der Waals surface area contributed by atoms with E-state index in [0.717, 1.165) is 32.1 Å². The summed E-state index contributed by atoms with van der Waals surface area (Å²) in [6, 6.07) is 6.52. The van der Waals surface area contributed by atoms with Crippen LogP contribution in [-0.2, 0) is 4.74 Å². The molecule has 5 heteroatoms. The van der Waals surface area contributed by atoms with Crippen molar-refractivity contribution in [1.29, 1.82) is 0 Å². The van der Waals surface area contributed by atoms with Gasteiger partial charge in [0.05, 0.1) is 12.2 Å². The van der Waals surface area contributed by atoms with Crippen LogP contribution >= 0.6 is 0 Å². The van der Waals surface area contributed by atoms with Crippen LogP contribution in [0.2, 0.25) is 0 Å². The number of nitrogens with one attached hydrogen (secondary N) is 2. The van der Waals surface area contributed by atoms with Crippen LogP contribution in [0.15, 0.2) is 35.9 Å². The van der Waals surface area contributed by atoms with E-state index in [1.54, 1.807) is 24.3 Å². The predicted molar refractivity (Wildman–Crippen MR) is 99.8 cm³/mol. The molecule has 1 aromatic rings. The second kappa shape index (κ2) is 10.5. The number of hydrogen-bond acceptors (Lipinski definition) is 3. The summed E-state index contributed by atoms with van der Waals surface area (Å²) in [6.07, 6.45) is 9.90. The lowest BCUT2D eigenvalue weighted by Gasteiger charge is -2.13. The summed E-state index contributed by atoms with van der Waals surface area (Å²) in [4.78, 5) is 23.7. The Kier molecular flexibility index (Phi) is 8.02. The zero-order valence-electron chi connectivity index (χ0n) is 15.0. The Morgan fingerprint density at radius 2 is 1.96 bits per heavy atom. The molecule has 1 aliphatic rings. The van der Waals surface area contributed by atoms with E-state index in [1.165, 1.54) is 18.4 Å². The first-order valence-electron chi connectivity index (χ1n) is 9.19. The number of benzene rings is 1. The molecule has 0 aromatic heterocycles. The lowest BCUT2D eigenvalue weighted by atomic mass is 9.97. The number of amides is 2. The first kappa shape index (κ1) is 19.0. The Bertz CT molecular complexity index is 593. The normalized spacial score (nSPS) is 13.7. The number of anilines is 1. The van der Waals surface area contributed by atoms with Gasteiger partial charge in [-0.25, -0.2) is 9.59 Å². The van der Waals surface area contributed by atoms with Crippen LogP contribution in [0.5, 0.6) is 0 Å². The molecule has 5 nitrogen and oxygen atoms in total. The fourth-order valence-corrected chi connectivity index (χ4v) is 2.73. The Balaban J connectivity index is 1.71. The van der Waals surface area contributed by atoms with Crippen LogP contribution in [0, 0.1) is 0 Å². The van der Waals surface area contributed by atoms with Gasteiger partial charge >= 0.3 is 12.0 Å². The molecule has 2 amide bonds. The van der Waals surface area contributed by atoms with Crippen molar-refractivity contribution in [2.75, 3.05) is 18.5 Å². The Morgan fingerprint density at radius 1 is 1.16 bits per heavy atom. The molecule has 0 radical (unpaired) electrons. The van der Waals surface area contributed by atoms with E-state index in [4.69, 9.17) is 4.74 Å². The number of urea groups is 1. The molecule has 2 rings (SSSR count). The van der Waals surface area contributed by atoms with Crippen LogP contribution in [0.3, 0.4) is 0 Å². The molecule has 136 valence electrons. The molecule has 0 saturated heterocycles. The molecule has 0 fully saturated rings. The largest absolute Gasteiger partial charge is 0.462 e. The quantitative estimate of drug-likeness (QED) is 0.409. The van der Waals surface area contributed by atoms with E-state index in [0.29, 0.717) is 24.4 Å². The molecule has 25 heavy (non-hydrogen) atoms. The van der Waals surface area contributed by atoms with E-state index < -0.39 is 0 Å². The van der Waals surface area contributed by atoms with E-state index in [2.05, 4.69) is 16.7 Å². The van der Waals surface area contributed by atoms with Crippen molar-refractivity contribution < 1.29 is 14.3 Å². The van der Waals surface area contributed by atoms with Crippen molar-refractivity contribution >= 4 is 17.7 Å². The number of carbonyl (C=O) groups is 2. The average Bonchev–Trinajstić information content (AvgIpc) is 2.63. The second-order valence-corrected chi connectivity index (χ2v) is 6.31. The second-order valence-electron chi connectivity index (χ2n) is 6.31. The van der Waals surface area contributed by atoms with E-state index in [9.17, 15) is 9.59 Å². The van der Waals surface area contributed by atoms with Crippen molar-refractivity contribution in [3.8, 4) is 0 Å². The number of rotatable bonds is 8. The van der Waals surface area contributed by atoms with Crippen molar-refractivity contribution in [2.24, 2.45) is 0 Å². The molecule has 0 saturated carbocycles. The van der Waals surface area contributed by atoms with Crippen LogP contribution < -0.4 is 10.6 Å². The number of ether oxygens (including phenoxy) is 1. The molecule has 1 aliphatic carbocycles. The molecule has 0 heterocycles. The van der Waals surface area contributed by atoms with Gasteiger partial charge in [-0.1, -0.05) is 25.0 Å². The summed E-state index contributed by atoms with van der Waals surface area (Å²) in [7, 11) is 0. The fraction of sp³-hybridized carbons (Fsp3) is 0.500. The van der Waals surface area contributed by atoms with Gasteiger partial charge in [-0.2, -0.15) is 0 Å². The summed E-state index contributed by atoms with van der Waals surface area (Å²) >= 11 is 0. The van der Waals surface area contributed by atoms with E-state index in [1.807, 2.05) is 6.92 Å². The maximum Gasteiger partial charge on any atom is 0.338 e. The third kappa shape index (κ3) is 6.99. The third-order valence-corrected chi connectivity index (χ3v) is 4.23. The Hall–Kier alpha value is -2.30. The van der Waals surface area contributed by atoms with Gasteiger partial charge in [0.25, 0.3) is 0 Å². The lowest BCUT2D eigenvalue weighted by Crippen LogP contribution is -2.29. The highest BCUT2D eigenvalue weighted by Crippen LogP contribution is 2.19. The average molecular weight is 344 g/mol. The number of unbranched alkanes of at least 4 members (excludes halogenated alkanes) is 1. The monoisotopic (exact) mass is 344 g/mol. The molecule has 0 atom stereocenters. The molecule has 0 bridgehead atoms. The minimum atomic E-state index is -0.329. The van der Waals surface area contributed by atoms with E-state index >= 15 is 0 Å². The van der Waals surface area contributed by atoms with Gasteiger partial charge in [-0.05, 0) is 62.8 Å². The van der Waals surface area contributed by atoms with Gasteiger partial charge in [-0.15, -0.1) is 0 Å². The number of hydrogen-bond donors (Lipinski definition) is 2.